The highest BCUT2D eigenvalue weighted by Crippen LogP contribution is 2.36. The fourth-order valence-electron chi connectivity index (χ4n) is 3.10. The molecule has 0 unspecified atom stereocenters. The fraction of sp³-hybridized carbons (Fsp3) is 0.250. The van der Waals surface area contributed by atoms with Crippen LogP contribution < -0.4 is 20.3 Å². The number of nitrogens with zero attached hydrogens (tertiary/aromatic N) is 2. The molecular formula is C20H20N4O3S. The molecule has 8 heteroatoms. The third-order valence-corrected chi connectivity index (χ3v) is 5.67. The summed E-state index contributed by atoms with van der Waals surface area (Å²) >= 11 is 1.60. The van der Waals surface area contributed by atoms with Crippen LogP contribution in [0.2, 0.25) is 0 Å². The van der Waals surface area contributed by atoms with Crippen LogP contribution in [0.5, 0.6) is 5.75 Å². The second kappa shape index (κ2) is 7.47. The van der Waals surface area contributed by atoms with Gasteiger partial charge in [0.15, 0.2) is 5.13 Å². The quantitative estimate of drug-likeness (QED) is 0.691. The van der Waals surface area contributed by atoms with Crippen molar-refractivity contribution in [1.29, 1.82) is 0 Å². The number of ether oxygens (including phenoxy) is 1. The van der Waals surface area contributed by atoms with Crippen LogP contribution >= 0.6 is 11.3 Å². The molecule has 0 radical (unpaired) electrons. The highest BCUT2D eigenvalue weighted by molar-refractivity contribution is 7.22. The third-order valence-electron chi connectivity index (χ3n) is 4.59. The maximum atomic E-state index is 12.5. The molecule has 0 saturated carbocycles. The Bertz CT molecular complexity index is 1030. The summed E-state index contributed by atoms with van der Waals surface area (Å²) in [5.74, 6) is 0.544. The number of methoxy groups -OCH3 is 1. The van der Waals surface area contributed by atoms with Crippen molar-refractivity contribution in [1.82, 2.24) is 4.98 Å². The van der Waals surface area contributed by atoms with Crippen molar-refractivity contribution in [2.45, 2.75) is 6.92 Å². The summed E-state index contributed by atoms with van der Waals surface area (Å²) in [7, 11) is 1.64. The van der Waals surface area contributed by atoms with Crippen molar-refractivity contribution in [2.75, 3.05) is 35.7 Å². The van der Waals surface area contributed by atoms with E-state index in [-0.39, 0.29) is 17.7 Å². The van der Waals surface area contributed by atoms with Gasteiger partial charge in [-0.25, -0.2) is 4.98 Å². The van der Waals surface area contributed by atoms with Gasteiger partial charge in [0, 0.05) is 31.4 Å². The van der Waals surface area contributed by atoms with Crippen LogP contribution in [0.1, 0.15) is 6.92 Å². The number of para-hydroxylation sites is 1. The largest absolute Gasteiger partial charge is 0.494 e. The third kappa shape index (κ3) is 3.63. The molecule has 28 heavy (non-hydrogen) atoms. The van der Waals surface area contributed by atoms with Gasteiger partial charge < -0.3 is 20.3 Å². The first kappa shape index (κ1) is 18.2. The normalized spacial score (nSPS) is 13.9. The number of benzene rings is 2. The average molecular weight is 396 g/mol. The molecule has 2 amide bonds. The van der Waals surface area contributed by atoms with Gasteiger partial charge in [-0.3, -0.25) is 9.59 Å². The molecule has 7 nitrogen and oxygen atoms in total. The number of hydrogen-bond donors (Lipinski definition) is 2. The highest BCUT2D eigenvalue weighted by atomic mass is 32.1. The number of thiazole rings is 1. The maximum Gasteiger partial charge on any atom is 0.231 e. The highest BCUT2D eigenvalue weighted by Gasteiger charge is 2.34. The number of nitrogens with one attached hydrogen (secondary N) is 2. The van der Waals surface area contributed by atoms with E-state index in [4.69, 9.17) is 4.74 Å². The topological polar surface area (TPSA) is 83.6 Å². The number of carbonyl (C=O) groups is 2. The van der Waals surface area contributed by atoms with E-state index < -0.39 is 0 Å². The van der Waals surface area contributed by atoms with Crippen LogP contribution in [0.3, 0.4) is 0 Å². The Morgan fingerprint density at radius 2 is 1.79 bits per heavy atom. The van der Waals surface area contributed by atoms with E-state index in [1.807, 2.05) is 18.2 Å². The van der Waals surface area contributed by atoms with Gasteiger partial charge in [-0.15, -0.1) is 0 Å². The Kier molecular flexibility index (Phi) is 4.87. The summed E-state index contributed by atoms with van der Waals surface area (Å²) in [4.78, 5) is 30.3. The SMILES string of the molecule is COc1cccc2sc(N3CC(C(=O)Nc4ccc(NC(C)=O)cc4)C3)nc12. The lowest BCUT2D eigenvalue weighted by molar-refractivity contribution is -0.120. The van der Waals surface area contributed by atoms with E-state index in [9.17, 15) is 9.59 Å². The number of amides is 2. The van der Waals surface area contributed by atoms with Crippen molar-refractivity contribution in [2.24, 2.45) is 5.92 Å². The number of rotatable bonds is 5. The zero-order chi connectivity index (χ0) is 19.7. The van der Waals surface area contributed by atoms with Crippen molar-refractivity contribution >= 4 is 49.9 Å². The minimum atomic E-state index is -0.126. The lowest BCUT2D eigenvalue weighted by Crippen LogP contribution is -2.52. The Hall–Kier alpha value is -3.13. The van der Waals surface area contributed by atoms with Crippen LogP contribution in [-0.2, 0) is 9.59 Å². The Labute approximate surface area is 166 Å². The molecule has 2 N–H and O–H groups in total. The van der Waals surface area contributed by atoms with E-state index in [1.165, 1.54) is 6.92 Å². The van der Waals surface area contributed by atoms with Crippen molar-refractivity contribution < 1.29 is 14.3 Å². The molecule has 1 aliphatic heterocycles. The molecule has 0 spiro atoms. The standard InChI is InChI=1S/C20H20N4O3S/c1-12(25)21-14-6-8-15(9-7-14)22-19(26)13-10-24(11-13)20-23-18-16(27-2)4-3-5-17(18)28-20/h3-9,13H,10-11H2,1-2H3,(H,21,25)(H,22,26). The molecule has 2 heterocycles. The lowest BCUT2D eigenvalue weighted by atomic mass is 10.00. The minimum absolute atomic E-state index is 0.0118. The second-order valence-electron chi connectivity index (χ2n) is 6.65. The van der Waals surface area contributed by atoms with E-state index in [0.717, 1.165) is 21.1 Å². The first-order valence-electron chi connectivity index (χ1n) is 8.90. The molecule has 4 rings (SSSR count). The van der Waals surface area contributed by atoms with Gasteiger partial charge in [-0.05, 0) is 36.4 Å². The lowest BCUT2D eigenvalue weighted by Gasteiger charge is -2.37. The van der Waals surface area contributed by atoms with E-state index >= 15 is 0 Å². The summed E-state index contributed by atoms with van der Waals surface area (Å²) in [6.07, 6.45) is 0. The predicted octanol–water partition coefficient (Wildman–Crippen LogP) is 3.34. The fourth-order valence-corrected chi connectivity index (χ4v) is 4.10. The first-order valence-corrected chi connectivity index (χ1v) is 9.72. The molecule has 2 aromatic carbocycles. The van der Waals surface area contributed by atoms with Gasteiger partial charge in [0.2, 0.25) is 11.8 Å². The Morgan fingerprint density at radius 1 is 1.11 bits per heavy atom. The smallest absolute Gasteiger partial charge is 0.231 e. The van der Waals surface area contributed by atoms with Gasteiger partial charge >= 0.3 is 0 Å². The van der Waals surface area contributed by atoms with Crippen LogP contribution in [0, 0.1) is 5.92 Å². The molecular weight excluding hydrogens is 376 g/mol. The van der Waals surface area contributed by atoms with Crippen molar-refractivity contribution in [3.8, 4) is 5.75 Å². The number of fused-ring (bicyclic) bond motifs is 1. The number of anilines is 3. The summed E-state index contributed by atoms with van der Waals surface area (Å²) in [6, 6.07) is 13.0. The summed E-state index contributed by atoms with van der Waals surface area (Å²) < 4.78 is 6.44. The van der Waals surface area contributed by atoms with Gasteiger partial charge in [0.25, 0.3) is 0 Å². The van der Waals surface area contributed by atoms with Crippen LogP contribution in [0.15, 0.2) is 42.5 Å². The average Bonchev–Trinajstić information content (AvgIpc) is 3.05. The molecule has 0 aliphatic carbocycles. The van der Waals surface area contributed by atoms with E-state index in [1.54, 1.807) is 42.7 Å². The molecule has 1 aliphatic rings. The minimum Gasteiger partial charge on any atom is -0.494 e. The van der Waals surface area contributed by atoms with Crippen LogP contribution in [0.25, 0.3) is 10.2 Å². The van der Waals surface area contributed by atoms with Gasteiger partial charge in [-0.1, -0.05) is 17.4 Å². The Balaban J connectivity index is 1.36. The number of carbonyl (C=O) groups excluding carboxylic acids is 2. The summed E-state index contributed by atoms with van der Waals surface area (Å²) in [6.45, 7) is 2.73. The molecule has 1 aromatic heterocycles. The first-order chi connectivity index (χ1) is 13.5. The van der Waals surface area contributed by atoms with Crippen LogP contribution in [-0.4, -0.2) is 37.0 Å². The van der Waals surface area contributed by atoms with Crippen molar-refractivity contribution in [3.63, 3.8) is 0 Å². The van der Waals surface area contributed by atoms with Gasteiger partial charge in [-0.2, -0.15) is 0 Å². The van der Waals surface area contributed by atoms with Gasteiger partial charge in [0.05, 0.1) is 17.7 Å². The van der Waals surface area contributed by atoms with Crippen LogP contribution in [0.4, 0.5) is 16.5 Å². The zero-order valence-corrected chi connectivity index (χ0v) is 16.4. The summed E-state index contributed by atoms with van der Waals surface area (Å²) in [5.41, 5.74) is 2.27. The second-order valence-corrected chi connectivity index (χ2v) is 7.66. The predicted molar refractivity (Wildman–Crippen MR) is 111 cm³/mol. The zero-order valence-electron chi connectivity index (χ0n) is 15.6. The molecule has 1 fully saturated rings. The maximum absolute atomic E-state index is 12.5. The molecule has 3 aromatic rings. The number of hydrogen-bond acceptors (Lipinski definition) is 6. The van der Waals surface area contributed by atoms with Crippen molar-refractivity contribution in [3.05, 3.63) is 42.5 Å². The Morgan fingerprint density at radius 3 is 2.43 bits per heavy atom. The van der Waals surface area contributed by atoms with E-state index in [2.05, 4.69) is 20.5 Å². The number of aromatic nitrogens is 1. The van der Waals surface area contributed by atoms with E-state index in [0.29, 0.717) is 24.5 Å². The summed E-state index contributed by atoms with van der Waals surface area (Å²) in [5, 5.41) is 6.53. The molecule has 0 atom stereocenters. The molecule has 1 saturated heterocycles. The monoisotopic (exact) mass is 396 g/mol. The molecule has 0 bridgehead atoms. The molecule has 144 valence electrons. The van der Waals surface area contributed by atoms with Gasteiger partial charge in [0.1, 0.15) is 11.3 Å².